The second-order valence-electron chi connectivity index (χ2n) is 10.6. The van der Waals surface area contributed by atoms with Crippen LogP contribution in [0.5, 0.6) is 5.75 Å². The lowest BCUT2D eigenvalue weighted by Gasteiger charge is -2.54. The minimum Gasteiger partial charge on any atom is -0.508 e. The highest BCUT2D eigenvalue weighted by Gasteiger charge is 2.68. The lowest BCUT2D eigenvalue weighted by molar-refractivity contribution is -0.126. The first-order valence-electron chi connectivity index (χ1n) is 10.8. The van der Waals surface area contributed by atoms with E-state index in [4.69, 9.17) is 4.74 Å². The SMILES string of the molecule is CO[C@H]1C[C@@]2(C)[C@@H](C[C@H]([18F])[C@@]2(O)C#C[Si](C)(C)C)[C@@H]2CCc3cc(O)ccc3[C@H]21. The predicted molar refractivity (Wildman–Crippen MR) is 115 cm³/mol. The van der Waals surface area contributed by atoms with Gasteiger partial charge in [0.1, 0.15) is 20.0 Å². The Labute approximate surface area is 174 Å². The number of aryl methyl sites for hydroxylation is 1. The number of fused-ring (bicyclic) bond motifs is 5. The molecule has 0 bridgehead atoms. The molecule has 29 heavy (non-hydrogen) atoms. The van der Waals surface area contributed by atoms with E-state index in [9.17, 15) is 10.2 Å². The van der Waals surface area contributed by atoms with E-state index in [2.05, 4.69) is 31.1 Å². The van der Waals surface area contributed by atoms with Crippen molar-refractivity contribution < 1.29 is 19.3 Å². The van der Waals surface area contributed by atoms with Crippen molar-refractivity contribution in [3.63, 3.8) is 0 Å². The van der Waals surface area contributed by atoms with Crippen LogP contribution in [0.1, 0.15) is 43.2 Å². The van der Waals surface area contributed by atoms with Gasteiger partial charge in [0.25, 0.3) is 0 Å². The number of methoxy groups -OCH3 is 1. The molecule has 0 aliphatic heterocycles. The van der Waals surface area contributed by atoms with E-state index in [0.717, 1.165) is 12.8 Å². The molecule has 2 fully saturated rings. The number of hydrogen-bond acceptors (Lipinski definition) is 3. The minimum absolute atomic E-state index is 0.0665. The van der Waals surface area contributed by atoms with Crippen LogP contribution in [0.3, 0.4) is 0 Å². The standard InChI is InChI=1S/C24H33FO3Si/c1-23-14-20(28-2)22-17-9-7-16(26)12-15(17)6-8-18(22)19(23)13-21(25)24(23,27)10-11-29(3,4)5/h7,9,12,18-22,26-27H,6,8,13-14H2,1-5H3/t18-,19-,20-,21-,22+,23-,24-/m0/s1/i25-1. The fraction of sp³-hybridized carbons (Fsp3) is 0.667. The molecule has 0 amide bonds. The number of halogens is 1. The normalized spacial score (nSPS) is 41.0. The lowest BCUT2D eigenvalue weighted by Crippen LogP contribution is -2.56. The highest BCUT2D eigenvalue weighted by atomic mass is 28.3. The second kappa shape index (κ2) is 6.83. The first-order valence-corrected chi connectivity index (χ1v) is 14.3. The summed E-state index contributed by atoms with van der Waals surface area (Å²) in [5, 5.41) is 21.5. The molecule has 3 nitrogen and oxygen atoms in total. The molecule has 0 heterocycles. The van der Waals surface area contributed by atoms with Crippen LogP contribution in [0.25, 0.3) is 0 Å². The third kappa shape index (κ3) is 3.15. The van der Waals surface area contributed by atoms with Crippen molar-refractivity contribution in [2.24, 2.45) is 17.3 Å². The number of aliphatic hydroxyl groups is 1. The number of phenolic OH excluding ortho intramolecular Hbond substituents is 1. The van der Waals surface area contributed by atoms with Gasteiger partial charge in [-0.05, 0) is 60.8 Å². The van der Waals surface area contributed by atoms with E-state index in [1.165, 1.54) is 11.1 Å². The number of alkyl halides is 1. The predicted octanol–water partition coefficient (Wildman–Crippen LogP) is 4.43. The molecule has 1 aromatic rings. The van der Waals surface area contributed by atoms with E-state index in [-0.39, 0.29) is 29.6 Å². The Morgan fingerprint density at radius 2 is 2.00 bits per heavy atom. The van der Waals surface area contributed by atoms with Crippen molar-refractivity contribution in [2.45, 2.75) is 76.0 Å². The minimum atomic E-state index is -1.75. The number of benzene rings is 1. The van der Waals surface area contributed by atoms with Crippen molar-refractivity contribution in [2.75, 3.05) is 7.11 Å². The van der Waals surface area contributed by atoms with E-state index in [1.54, 1.807) is 13.2 Å². The van der Waals surface area contributed by atoms with Crippen LogP contribution in [-0.4, -0.2) is 43.3 Å². The van der Waals surface area contributed by atoms with Crippen LogP contribution >= 0.6 is 0 Å². The third-order valence-electron chi connectivity index (χ3n) is 7.77. The second-order valence-corrected chi connectivity index (χ2v) is 15.3. The Morgan fingerprint density at radius 3 is 2.66 bits per heavy atom. The van der Waals surface area contributed by atoms with E-state index < -0.39 is 25.3 Å². The fourth-order valence-electron chi connectivity index (χ4n) is 6.32. The lowest BCUT2D eigenvalue weighted by atomic mass is 9.52. The molecule has 0 saturated heterocycles. The van der Waals surface area contributed by atoms with Gasteiger partial charge in [0, 0.05) is 18.4 Å². The van der Waals surface area contributed by atoms with Gasteiger partial charge in [-0.15, -0.1) is 5.54 Å². The summed E-state index contributed by atoms with van der Waals surface area (Å²) in [6.07, 6.45) is 1.30. The molecule has 2 N–H and O–H groups in total. The van der Waals surface area contributed by atoms with Crippen LogP contribution in [0, 0.1) is 28.7 Å². The summed E-state index contributed by atoms with van der Waals surface area (Å²) in [4.78, 5) is 0. The Hall–Kier alpha value is -1.35. The molecule has 4 rings (SSSR count). The number of rotatable bonds is 1. The van der Waals surface area contributed by atoms with Crippen LogP contribution in [0.15, 0.2) is 18.2 Å². The zero-order valence-electron chi connectivity index (χ0n) is 18.1. The van der Waals surface area contributed by atoms with Gasteiger partial charge in [-0.25, -0.2) is 4.39 Å². The van der Waals surface area contributed by atoms with Gasteiger partial charge in [-0.1, -0.05) is 38.6 Å². The average Bonchev–Trinajstić information content (AvgIpc) is 2.85. The van der Waals surface area contributed by atoms with Gasteiger partial charge < -0.3 is 14.9 Å². The number of aromatic hydroxyl groups is 1. The molecule has 0 spiro atoms. The summed E-state index contributed by atoms with van der Waals surface area (Å²) in [5.41, 5.74) is 3.39. The van der Waals surface area contributed by atoms with Crippen molar-refractivity contribution in [1.82, 2.24) is 0 Å². The van der Waals surface area contributed by atoms with Crippen LogP contribution in [-0.2, 0) is 11.2 Å². The van der Waals surface area contributed by atoms with Crippen molar-refractivity contribution in [1.29, 1.82) is 0 Å². The molecule has 7 atom stereocenters. The zero-order valence-corrected chi connectivity index (χ0v) is 19.1. The topological polar surface area (TPSA) is 49.7 Å². The molecular formula is C24H33FO3Si. The van der Waals surface area contributed by atoms with Crippen molar-refractivity contribution in [3.05, 3.63) is 29.3 Å². The Balaban J connectivity index is 1.78. The first kappa shape index (κ1) is 20.9. The quantitative estimate of drug-likeness (QED) is 0.527. The maximum atomic E-state index is 15.4. The maximum Gasteiger partial charge on any atom is 0.161 e. The maximum absolute atomic E-state index is 15.4. The smallest absolute Gasteiger partial charge is 0.161 e. The molecule has 0 aromatic heterocycles. The highest BCUT2D eigenvalue weighted by molar-refractivity contribution is 6.83. The molecule has 158 valence electrons. The Kier molecular flexibility index (Phi) is 4.92. The van der Waals surface area contributed by atoms with Gasteiger partial charge in [-0.3, -0.25) is 0 Å². The van der Waals surface area contributed by atoms with Crippen molar-refractivity contribution in [3.8, 4) is 17.2 Å². The highest BCUT2D eigenvalue weighted by Crippen LogP contribution is 2.65. The summed E-state index contributed by atoms with van der Waals surface area (Å²) >= 11 is 0. The molecule has 0 unspecified atom stereocenters. The van der Waals surface area contributed by atoms with Gasteiger partial charge in [-0.2, -0.15) is 0 Å². The summed E-state index contributed by atoms with van der Waals surface area (Å²) in [5.74, 6) is 3.83. The fourth-order valence-corrected chi connectivity index (χ4v) is 6.89. The first-order chi connectivity index (χ1) is 13.5. The molecular weight excluding hydrogens is 382 g/mol. The monoisotopic (exact) mass is 415 g/mol. The van der Waals surface area contributed by atoms with Crippen LogP contribution < -0.4 is 0 Å². The van der Waals surface area contributed by atoms with Gasteiger partial charge >= 0.3 is 0 Å². The van der Waals surface area contributed by atoms with Gasteiger partial charge in [0.05, 0.1) is 6.10 Å². The largest absolute Gasteiger partial charge is 0.508 e. The van der Waals surface area contributed by atoms with E-state index >= 15 is 4.39 Å². The van der Waals surface area contributed by atoms with Crippen LogP contribution in [0.4, 0.5) is 4.39 Å². The third-order valence-corrected chi connectivity index (χ3v) is 8.65. The molecule has 1 aromatic carbocycles. The molecule has 3 aliphatic rings. The zero-order chi connectivity index (χ0) is 21.2. The molecule has 5 heteroatoms. The summed E-state index contributed by atoms with van der Waals surface area (Å²) < 4.78 is 21.4. The van der Waals surface area contributed by atoms with E-state index in [1.807, 2.05) is 19.1 Å². The summed E-state index contributed by atoms with van der Waals surface area (Å²) in [7, 11) is -0.0292. The summed E-state index contributed by atoms with van der Waals surface area (Å²) in [6.45, 7) is 8.39. The molecule has 0 radical (unpaired) electrons. The number of hydrogen-bond donors (Lipinski definition) is 2. The molecule has 2 saturated carbocycles. The van der Waals surface area contributed by atoms with Crippen LogP contribution in [0.2, 0.25) is 19.6 Å². The van der Waals surface area contributed by atoms with E-state index in [0.29, 0.717) is 12.8 Å². The Bertz CT molecular complexity index is 869. The number of ether oxygens (including phenoxy) is 1. The van der Waals surface area contributed by atoms with Crippen molar-refractivity contribution >= 4 is 8.07 Å². The number of phenols is 1. The van der Waals surface area contributed by atoms with Gasteiger partial charge in [0.2, 0.25) is 0 Å². The average molecular weight is 416 g/mol. The molecule has 3 aliphatic carbocycles. The summed E-state index contributed by atoms with van der Waals surface area (Å²) in [6, 6.07) is 5.60. The Morgan fingerprint density at radius 1 is 1.28 bits per heavy atom. The van der Waals surface area contributed by atoms with Gasteiger partial charge in [0.15, 0.2) is 5.60 Å².